The van der Waals surface area contributed by atoms with E-state index >= 15 is 0 Å². The Balaban J connectivity index is 1.66. The molecule has 128 valence electrons. The third-order valence-corrected chi connectivity index (χ3v) is 6.39. The number of rotatable bonds is 6. The summed E-state index contributed by atoms with van der Waals surface area (Å²) in [6.07, 6.45) is 3.51. The minimum atomic E-state index is -3.43. The maximum atomic E-state index is 12.6. The van der Waals surface area contributed by atoms with Crippen molar-refractivity contribution in [1.82, 2.24) is 9.62 Å². The summed E-state index contributed by atoms with van der Waals surface area (Å²) in [7, 11) is -3.43. The molecule has 1 aromatic carbocycles. The maximum Gasteiger partial charge on any atom is 0.240 e. The minimum Gasteiger partial charge on any atom is -0.298 e. The van der Waals surface area contributed by atoms with Crippen LogP contribution < -0.4 is 4.72 Å². The number of nitrogens with zero attached hydrogens (tertiary/aromatic N) is 1. The van der Waals surface area contributed by atoms with E-state index in [4.69, 9.17) is 0 Å². The van der Waals surface area contributed by atoms with Gasteiger partial charge < -0.3 is 0 Å². The van der Waals surface area contributed by atoms with Crippen LogP contribution in [0, 0.1) is 11.8 Å². The molecular formula is C18H28N2O2S. The summed E-state index contributed by atoms with van der Waals surface area (Å²) in [5, 5.41) is 0. The molecule has 0 aromatic heterocycles. The molecule has 4 nitrogen and oxygen atoms in total. The van der Waals surface area contributed by atoms with Gasteiger partial charge in [-0.05, 0) is 48.8 Å². The van der Waals surface area contributed by atoms with Gasteiger partial charge >= 0.3 is 0 Å². The van der Waals surface area contributed by atoms with Gasteiger partial charge in [-0.2, -0.15) is 0 Å². The average Bonchev–Trinajstić information content (AvgIpc) is 3.25. The van der Waals surface area contributed by atoms with Crippen LogP contribution in [0.25, 0.3) is 0 Å². The van der Waals surface area contributed by atoms with Crippen LogP contribution in [0.2, 0.25) is 0 Å². The summed E-state index contributed by atoms with van der Waals surface area (Å²) in [5.41, 5.74) is 1.19. The average molecular weight is 337 g/mol. The molecule has 0 bridgehead atoms. The molecule has 1 aromatic rings. The molecule has 1 saturated heterocycles. The van der Waals surface area contributed by atoms with Crippen molar-refractivity contribution in [2.45, 2.75) is 57.0 Å². The summed E-state index contributed by atoms with van der Waals surface area (Å²) in [6, 6.07) is 8.06. The van der Waals surface area contributed by atoms with Crippen molar-refractivity contribution in [2.24, 2.45) is 11.8 Å². The SMILES string of the molecule is CC(C)Cc1ccc(S(=O)(=O)N[C@@H]2CN(C3CC3)C[C@@H]2C)cc1. The lowest BCUT2D eigenvalue weighted by molar-refractivity contribution is 0.315. The van der Waals surface area contributed by atoms with Gasteiger partial charge in [-0.15, -0.1) is 0 Å². The number of likely N-dealkylation sites (tertiary alicyclic amines) is 1. The Labute approximate surface area is 140 Å². The fraction of sp³-hybridized carbons (Fsp3) is 0.667. The zero-order valence-electron chi connectivity index (χ0n) is 14.3. The number of hydrogen-bond acceptors (Lipinski definition) is 3. The van der Waals surface area contributed by atoms with E-state index in [9.17, 15) is 8.42 Å². The summed E-state index contributed by atoms with van der Waals surface area (Å²) >= 11 is 0. The topological polar surface area (TPSA) is 49.4 Å². The van der Waals surface area contributed by atoms with Crippen molar-refractivity contribution in [3.63, 3.8) is 0 Å². The predicted molar refractivity (Wildman–Crippen MR) is 92.9 cm³/mol. The van der Waals surface area contributed by atoms with Crippen LogP contribution in [-0.4, -0.2) is 38.5 Å². The molecule has 1 heterocycles. The normalized spacial score (nSPS) is 26.1. The van der Waals surface area contributed by atoms with Crippen LogP contribution in [0.15, 0.2) is 29.2 Å². The number of sulfonamides is 1. The highest BCUT2D eigenvalue weighted by Crippen LogP contribution is 2.32. The number of nitrogens with one attached hydrogen (secondary N) is 1. The molecule has 1 aliphatic carbocycles. The van der Waals surface area contributed by atoms with E-state index in [0.29, 0.717) is 22.8 Å². The molecule has 5 heteroatoms. The summed E-state index contributed by atoms with van der Waals surface area (Å²) in [6.45, 7) is 8.32. The lowest BCUT2D eigenvalue weighted by Crippen LogP contribution is -2.40. The van der Waals surface area contributed by atoms with Crippen molar-refractivity contribution in [3.05, 3.63) is 29.8 Å². The first-order valence-electron chi connectivity index (χ1n) is 8.70. The van der Waals surface area contributed by atoms with Crippen molar-refractivity contribution in [1.29, 1.82) is 0 Å². The van der Waals surface area contributed by atoms with Gasteiger partial charge in [0.05, 0.1) is 4.90 Å². The number of hydrogen-bond donors (Lipinski definition) is 1. The van der Waals surface area contributed by atoms with Gasteiger partial charge in [0.15, 0.2) is 0 Å². The first-order valence-corrected chi connectivity index (χ1v) is 10.2. The van der Waals surface area contributed by atoms with E-state index in [-0.39, 0.29) is 6.04 Å². The molecule has 1 aliphatic heterocycles. The Hall–Kier alpha value is -0.910. The minimum absolute atomic E-state index is 0.0240. The fourth-order valence-electron chi connectivity index (χ4n) is 3.44. The molecule has 0 amide bonds. The van der Waals surface area contributed by atoms with Crippen LogP contribution in [0.5, 0.6) is 0 Å². The Morgan fingerprint density at radius 1 is 1.17 bits per heavy atom. The zero-order valence-corrected chi connectivity index (χ0v) is 15.1. The van der Waals surface area contributed by atoms with Crippen molar-refractivity contribution < 1.29 is 8.42 Å². The van der Waals surface area contributed by atoms with Gasteiger partial charge in [-0.25, -0.2) is 13.1 Å². The lowest BCUT2D eigenvalue weighted by Gasteiger charge is -2.17. The van der Waals surface area contributed by atoms with Gasteiger partial charge in [-0.1, -0.05) is 32.9 Å². The van der Waals surface area contributed by atoms with Gasteiger partial charge in [0.25, 0.3) is 0 Å². The first kappa shape index (κ1) is 16.9. The van der Waals surface area contributed by atoms with E-state index in [2.05, 4.69) is 30.4 Å². The first-order chi connectivity index (χ1) is 10.8. The van der Waals surface area contributed by atoms with Gasteiger partial charge in [0.1, 0.15) is 0 Å². The Morgan fingerprint density at radius 3 is 2.39 bits per heavy atom. The smallest absolute Gasteiger partial charge is 0.240 e. The van der Waals surface area contributed by atoms with Gasteiger partial charge in [0, 0.05) is 25.2 Å². The van der Waals surface area contributed by atoms with Crippen molar-refractivity contribution in [2.75, 3.05) is 13.1 Å². The van der Waals surface area contributed by atoms with Crippen LogP contribution in [0.3, 0.4) is 0 Å². The molecule has 2 aliphatic rings. The second-order valence-corrected chi connectivity index (χ2v) is 9.35. The molecule has 0 unspecified atom stereocenters. The molecule has 2 fully saturated rings. The molecule has 23 heavy (non-hydrogen) atoms. The molecule has 3 rings (SSSR count). The molecular weight excluding hydrogens is 308 g/mol. The van der Waals surface area contributed by atoms with Gasteiger partial charge in [0.2, 0.25) is 10.0 Å². The highest BCUT2D eigenvalue weighted by Gasteiger charge is 2.39. The summed E-state index contributed by atoms with van der Waals surface area (Å²) in [5.74, 6) is 0.939. The zero-order chi connectivity index (χ0) is 16.6. The third kappa shape index (κ3) is 4.14. The standard InChI is InChI=1S/C18H28N2O2S/c1-13(2)10-15-4-8-17(9-5-15)23(21,22)19-18-12-20(11-14(18)3)16-6-7-16/h4-5,8-9,13-14,16,18-19H,6-7,10-12H2,1-3H3/t14-,18+/m0/s1. The van der Waals surface area contributed by atoms with Crippen LogP contribution in [0.1, 0.15) is 39.2 Å². The lowest BCUT2D eigenvalue weighted by atomic mass is 10.0. The third-order valence-electron chi connectivity index (χ3n) is 4.89. The van der Waals surface area contributed by atoms with Gasteiger partial charge in [-0.3, -0.25) is 4.90 Å². The number of benzene rings is 1. The predicted octanol–water partition coefficient (Wildman–Crippen LogP) is 2.65. The quantitative estimate of drug-likeness (QED) is 0.869. The van der Waals surface area contributed by atoms with Crippen LogP contribution in [-0.2, 0) is 16.4 Å². The van der Waals surface area contributed by atoms with E-state index in [0.717, 1.165) is 19.5 Å². The van der Waals surface area contributed by atoms with Crippen molar-refractivity contribution in [3.8, 4) is 0 Å². The van der Waals surface area contributed by atoms with E-state index < -0.39 is 10.0 Å². The van der Waals surface area contributed by atoms with Crippen LogP contribution in [0.4, 0.5) is 0 Å². The molecule has 1 saturated carbocycles. The molecule has 1 N–H and O–H groups in total. The monoisotopic (exact) mass is 336 g/mol. The van der Waals surface area contributed by atoms with E-state index in [1.54, 1.807) is 12.1 Å². The van der Waals surface area contributed by atoms with E-state index in [1.807, 2.05) is 12.1 Å². The molecule has 0 radical (unpaired) electrons. The summed E-state index contributed by atoms with van der Waals surface area (Å²) in [4.78, 5) is 2.81. The maximum absolute atomic E-state index is 12.6. The second-order valence-electron chi connectivity index (χ2n) is 7.63. The Bertz CT molecular complexity index is 635. The van der Waals surface area contributed by atoms with Crippen LogP contribution >= 0.6 is 0 Å². The summed E-state index contributed by atoms with van der Waals surface area (Å²) < 4.78 is 28.2. The highest BCUT2D eigenvalue weighted by molar-refractivity contribution is 7.89. The fourth-order valence-corrected chi connectivity index (χ4v) is 4.77. The molecule has 2 atom stereocenters. The largest absolute Gasteiger partial charge is 0.298 e. The Kier molecular flexibility index (Phi) is 4.81. The highest BCUT2D eigenvalue weighted by atomic mass is 32.2. The second kappa shape index (κ2) is 6.54. The van der Waals surface area contributed by atoms with E-state index in [1.165, 1.54) is 18.4 Å². The molecule has 0 spiro atoms. The Morgan fingerprint density at radius 2 is 1.83 bits per heavy atom. The van der Waals surface area contributed by atoms with Crippen molar-refractivity contribution >= 4 is 10.0 Å².